The van der Waals surface area contributed by atoms with E-state index in [1.165, 1.54) is 10.4 Å². The van der Waals surface area contributed by atoms with Crippen LogP contribution in [0.1, 0.15) is 43.5 Å². The van der Waals surface area contributed by atoms with Crippen LogP contribution in [0.5, 0.6) is 0 Å². The van der Waals surface area contributed by atoms with Crippen LogP contribution in [0.4, 0.5) is 0 Å². The first-order chi connectivity index (χ1) is 10.4. The summed E-state index contributed by atoms with van der Waals surface area (Å²) < 4.78 is 5.07. The van der Waals surface area contributed by atoms with E-state index in [4.69, 9.17) is 4.74 Å². The van der Waals surface area contributed by atoms with Crippen LogP contribution in [0, 0.1) is 11.3 Å². The van der Waals surface area contributed by atoms with Gasteiger partial charge in [0, 0.05) is 18.4 Å². The Morgan fingerprint density at radius 1 is 1.41 bits per heavy atom. The van der Waals surface area contributed by atoms with Crippen molar-refractivity contribution in [3.05, 3.63) is 26.6 Å². The minimum Gasteiger partial charge on any atom is -0.384 e. The van der Waals surface area contributed by atoms with E-state index in [0.717, 1.165) is 35.3 Å². The Balaban J connectivity index is 2.01. The predicted octanol–water partition coefficient (Wildman–Crippen LogP) is 3.32. The minimum absolute atomic E-state index is 0.0165. The first kappa shape index (κ1) is 15.7. The number of nitrogens with one attached hydrogen (secondary N) is 1. The van der Waals surface area contributed by atoms with Gasteiger partial charge in [-0.15, -0.1) is 11.3 Å². The van der Waals surface area contributed by atoms with Gasteiger partial charge >= 0.3 is 0 Å². The first-order valence-electron chi connectivity index (χ1n) is 7.92. The number of aromatic amines is 1. The zero-order valence-corrected chi connectivity index (χ0v) is 14.6. The van der Waals surface area contributed by atoms with Gasteiger partial charge in [-0.1, -0.05) is 20.8 Å². The standard InChI is InChI=1S/C17H24N2O2S/c1-17(2,3)10-5-6-11-12(9-10)22-16-14(11)15(20)18-13(19-16)7-8-21-4/h10H,5-9H2,1-4H3,(H,18,19,20). The molecule has 1 aliphatic carbocycles. The summed E-state index contributed by atoms with van der Waals surface area (Å²) in [7, 11) is 1.66. The fourth-order valence-corrected chi connectivity index (χ4v) is 4.60. The van der Waals surface area contributed by atoms with Crippen molar-refractivity contribution < 1.29 is 4.74 Å². The molecule has 22 heavy (non-hydrogen) atoms. The molecule has 1 atom stereocenters. The molecule has 4 nitrogen and oxygen atoms in total. The normalized spacial score (nSPS) is 18.6. The molecule has 5 heteroatoms. The lowest BCUT2D eigenvalue weighted by molar-refractivity contribution is 0.200. The van der Waals surface area contributed by atoms with Crippen LogP contribution >= 0.6 is 11.3 Å². The average molecular weight is 320 g/mol. The van der Waals surface area contributed by atoms with Crippen LogP contribution in [0.15, 0.2) is 4.79 Å². The number of methoxy groups -OCH3 is 1. The van der Waals surface area contributed by atoms with E-state index in [1.54, 1.807) is 18.4 Å². The lowest BCUT2D eigenvalue weighted by Gasteiger charge is -2.33. The number of ether oxygens (including phenoxy) is 1. The number of thiophene rings is 1. The predicted molar refractivity (Wildman–Crippen MR) is 90.8 cm³/mol. The van der Waals surface area contributed by atoms with E-state index in [-0.39, 0.29) is 5.56 Å². The zero-order valence-electron chi connectivity index (χ0n) is 13.8. The third-order valence-corrected chi connectivity index (χ3v) is 5.88. The summed E-state index contributed by atoms with van der Waals surface area (Å²) in [5.74, 6) is 1.41. The molecular formula is C17H24N2O2S. The second kappa shape index (κ2) is 5.78. The molecule has 0 radical (unpaired) electrons. The second-order valence-corrected chi connectivity index (χ2v) is 8.33. The third kappa shape index (κ3) is 2.84. The molecule has 0 saturated heterocycles. The Hall–Kier alpha value is -1.20. The SMILES string of the molecule is COCCc1nc2sc3c(c2c(=O)[nH]1)CCC(C(C)(C)C)C3. The molecule has 0 fully saturated rings. The Labute approximate surface area is 134 Å². The van der Waals surface area contributed by atoms with E-state index in [9.17, 15) is 4.79 Å². The molecule has 2 heterocycles. The summed E-state index contributed by atoms with van der Waals surface area (Å²) in [6.07, 6.45) is 3.88. The van der Waals surface area contributed by atoms with E-state index < -0.39 is 0 Å². The number of hydrogen-bond acceptors (Lipinski definition) is 4. The minimum atomic E-state index is 0.0165. The number of aromatic nitrogens is 2. The summed E-state index contributed by atoms with van der Waals surface area (Å²) in [4.78, 5) is 22.3. The van der Waals surface area contributed by atoms with E-state index >= 15 is 0 Å². The van der Waals surface area contributed by atoms with Crippen molar-refractivity contribution in [1.82, 2.24) is 9.97 Å². The molecule has 0 saturated carbocycles. The monoisotopic (exact) mass is 320 g/mol. The number of nitrogens with zero attached hydrogens (tertiary/aromatic N) is 1. The van der Waals surface area contributed by atoms with E-state index in [2.05, 4.69) is 30.7 Å². The van der Waals surface area contributed by atoms with Crippen molar-refractivity contribution >= 4 is 21.6 Å². The molecule has 120 valence electrons. The molecule has 0 amide bonds. The average Bonchev–Trinajstić information content (AvgIpc) is 2.81. The number of hydrogen-bond donors (Lipinski definition) is 1. The maximum atomic E-state index is 12.4. The van der Waals surface area contributed by atoms with Gasteiger partial charge in [0.1, 0.15) is 10.7 Å². The quantitative estimate of drug-likeness (QED) is 0.944. The van der Waals surface area contributed by atoms with Gasteiger partial charge in [-0.25, -0.2) is 4.98 Å². The topological polar surface area (TPSA) is 55.0 Å². The Morgan fingerprint density at radius 3 is 2.86 bits per heavy atom. The number of rotatable bonds is 3. The summed E-state index contributed by atoms with van der Waals surface area (Å²) in [5, 5.41) is 0.827. The van der Waals surface area contributed by atoms with E-state index in [1.807, 2.05) is 0 Å². The van der Waals surface area contributed by atoms with Gasteiger partial charge in [0.15, 0.2) is 0 Å². The van der Waals surface area contributed by atoms with Crippen LogP contribution in [0.3, 0.4) is 0 Å². The van der Waals surface area contributed by atoms with Gasteiger partial charge in [-0.3, -0.25) is 4.79 Å². The van der Waals surface area contributed by atoms with Gasteiger partial charge in [0.2, 0.25) is 0 Å². The lowest BCUT2D eigenvalue weighted by atomic mass is 9.72. The maximum Gasteiger partial charge on any atom is 0.259 e. The molecule has 0 bridgehead atoms. The molecule has 3 rings (SSSR count). The van der Waals surface area contributed by atoms with Crippen LogP contribution in [-0.2, 0) is 24.0 Å². The molecule has 2 aromatic heterocycles. The fourth-order valence-electron chi connectivity index (χ4n) is 3.28. The molecular weight excluding hydrogens is 296 g/mol. The van der Waals surface area contributed by atoms with Gasteiger partial charge in [0.05, 0.1) is 12.0 Å². The molecule has 1 N–H and O–H groups in total. The molecule has 1 aliphatic rings. The van der Waals surface area contributed by atoms with Crippen molar-refractivity contribution in [2.45, 2.75) is 46.5 Å². The lowest BCUT2D eigenvalue weighted by Crippen LogP contribution is -2.26. The van der Waals surface area contributed by atoms with Crippen molar-refractivity contribution in [2.24, 2.45) is 11.3 Å². The molecule has 0 aliphatic heterocycles. The highest BCUT2D eigenvalue weighted by Crippen LogP contribution is 2.41. The van der Waals surface area contributed by atoms with Crippen LogP contribution in [0.2, 0.25) is 0 Å². The van der Waals surface area contributed by atoms with E-state index in [0.29, 0.717) is 24.4 Å². The van der Waals surface area contributed by atoms with Crippen molar-refractivity contribution in [3.63, 3.8) is 0 Å². The number of fused-ring (bicyclic) bond motifs is 3. The zero-order chi connectivity index (χ0) is 15.9. The van der Waals surface area contributed by atoms with Gasteiger partial charge < -0.3 is 9.72 Å². The highest BCUT2D eigenvalue weighted by molar-refractivity contribution is 7.18. The second-order valence-electron chi connectivity index (χ2n) is 7.25. The van der Waals surface area contributed by atoms with Crippen LogP contribution in [-0.4, -0.2) is 23.7 Å². The molecule has 0 spiro atoms. The van der Waals surface area contributed by atoms with Gasteiger partial charge in [0.25, 0.3) is 5.56 Å². The third-order valence-electron chi connectivity index (χ3n) is 4.74. The van der Waals surface area contributed by atoms with Crippen LogP contribution < -0.4 is 5.56 Å². The van der Waals surface area contributed by atoms with Crippen molar-refractivity contribution in [2.75, 3.05) is 13.7 Å². The van der Waals surface area contributed by atoms with Crippen LogP contribution in [0.25, 0.3) is 10.2 Å². The number of aryl methyl sites for hydroxylation is 1. The van der Waals surface area contributed by atoms with Crippen molar-refractivity contribution in [3.8, 4) is 0 Å². The Morgan fingerprint density at radius 2 is 2.18 bits per heavy atom. The maximum absolute atomic E-state index is 12.4. The summed E-state index contributed by atoms with van der Waals surface area (Å²) >= 11 is 1.71. The molecule has 0 aromatic carbocycles. The Kier molecular flexibility index (Phi) is 4.12. The molecule has 2 aromatic rings. The fraction of sp³-hybridized carbons (Fsp3) is 0.647. The first-order valence-corrected chi connectivity index (χ1v) is 8.74. The molecule has 1 unspecified atom stereocenters. The summed E-state index contributed by atoms with van der Waals surface area (Å²) in [6.45, 7) is 7.50. The van der Waals surface area contributed by atoms with Gasteiger partial charge in [-0.05, 0) is 36.2 Å². The van der Waals surface area contributed by atoms with Crippen molar-refractivity contribution in [1.29, 1.82) is 0 Å². The summed E-state index contributed by atoms with van der Waals surface area (Å²) in [5.41, 5.74) is 1.58. The smallest absolute Gasteiger partial charge is 0.259 e. The highest BCUT2D eigenvalue weighted by atomic mass is 32.1. The largest absolute Gasteiger partial charge is 0.384 e. The highest BCUT2D eigenvalue weighted by Gasteiger charge is 2.31. The Bertz CT molecular complexity index is 739. The number of H-pyrrole nitrogens is 1. The summed E-state index contributed by atoms with van der Waals surface area (Å²) in [6, 6.07) is 0. The van der Waals surface area contributed by atoms with Gasteiger partial charge in [-0.2, -0.15) is 0 Å².